The predicted octanol–water partition coefficient (Wildman–Crippen LogP) is 4.32. The van der Waals surface area contributed by atoms with Gasteiger partial charge in [-0.15, -0.1) is 0 Å². The van der Waals surface area contributed by atoms with Crippen LogP contribution in [0.3, 0.4) is 0 Å². The van der Waals surface area contributed by atoms with E-state index >= 15 is 0 Å². The summed E-state index contributed by atoms with van der Waals surface area (Å²) in [6.07, 6.45) is 5.17. The van der Waals surface area contributed by atoms with E-state index in [0.717, 1.165) is 40.7 Å². The van der Waals surface area contributed by atoms with Crippen LogP contribution in [0.4, 0.5) is 0 Å². The summed E-state index contributed by atoms with van der Waals surface area (Å²) in [5, 5.41) is 4.43. The SMILES string of the molecule is Clc1cc(Br)ccc1C1OCCCC1CNC1CC1. The van der Waals surface area contributed by atoms with Gasteiger partial charge in [0.1, 0.15) is 0 Å². The summed E-state index contributed by atoms with van der Waals surface area (Å²) in [7, 11) is 0. The van der Waals surface area contributed by atoms with E-state index in [1.165, 1.54) is 19.3 Å². The lowest BCUT2D eigenvalue weighted by Gasteiger charge is -2.33. The van der Waals surface area contributed by atoms with Gasteiger partial charge in [-0.3, -0.25) is 0 Å². The standard InChI is InChI=1S/C15H19BrClNO/c16-11-3-6-13(14(17)8-11)15-10(2-1-7-19-15)9-18-12-4-5-12/h3,6,8,10,12,15,18H,1-2,4-5,7,9H2. The molecule has 2 fully saturated rings. The van der Waals surface area contributed by atoms with E-state index in [4.69, 9.17) is 16.3 Å². The van der Waals surface area contributed by atoms with Crippen LogP contribution in [0.2, 0.25) is 5.02 Å². The maximum Gasteiger partial charge on any atom is 0.0879 e. The Morgan fingerprint density at radius 3 is 2.89 bits per heavy atom. The lowest BCUT2D eigenvalue weighted by molar-refractivity contribution is -0.0278. The highest BCUT2D eigenvalue weighted by Crippen LogP contribution is 2.38. The summed E-state index contributed by atoms with van der Waals surface area (Å²) in [6.45, 7) is 1.89. The Morgan fingerprint density at radius 2 is 2.16 bits per heavy atom. The first-order valence-corrected chi connectivity index (χ1v) is 8.21. The van der Waals surface area contributed by atoms with Crippen molar-refractivity contribution < 1.29 is 4.74 Å². The second-order valence-corrected chi connectivity index (χ2v) is 6.86. The molecular formula is C15H19BrClNO. The lowest BCUT2D eigenvalue weighted by Crippen LogP contribution is -2.33. The smallest absolute Gasteiger partial charge is 0.0879 e. The molecule has 0 aromatic heterocycles. The Labute approximate surface area is 128 Å². The molecule has 3 rings (SSSR count). The number of ether oxygens (including phenoxy) is 1. The Kier molecular flexibility index (Phi) is 4.47. The average molecular weight is 345 g/mol. The molecule has 1 saturated heterocycles. The summed E-state index contributed by atoms with van der Waals surface area (Å²) >= 11 is 9.83. The lowest BCUT2D eigenvalue weighted by atomic mass is 9.89. The van der Waals surface area contributed by atoms with Crippen LogP contribution >= 0.6 is 27.5 Å². The van der Waals surface area contributed by atoms with Crippen molar-refractivity contribution >= 4 is 27.5 Å². The number of benzene rings is 1. The summed E-state index contributed by atoms with van der Waals surface area (Å²) in [5.74, 6) is 0.535. The third kappa shape index (κ3) is 3.52. The van der Waals surface area contributed by atoms with Crippen LogP contribution in [0.25, 0.3) is 0 Å². The minimum atomic E-state index is 0.139. The fraction of sp³-hybridized carbons (Fsp3) is 0.600. The molecule has 2 aliphatic rings. The van der Waals surface area contributed by atoms with E-state index in [9.17, 15) is 0 Å². The minimum absolute atomic E-state index is 0.139. The van der Waals surface area contributed by atoms with E-state index in [1.807, 2.05) is 12.1 Å². The van der Waals surface area contributed by atoms with Gasteiger partial charge in [-0.05, 0) is 43.4 Å². The van der Waals surface area contributed by atoms with E-state index < -0.39 is 0 Å². The van der Waals surface area contributed by atoms with Gasteiger partial charge in [0.2, 0.25) is 0 Å². The highest BCUT2D eigenvalue weighted by atomic mass is 79.9. The topological polar surface area (TPSA) is 21.3 Å². The van der Waals surface area contributed by atoms with Crippen molar-refractivity contribution in [3.63, 3.8) is 0 Å². The molecule has 1 aliphatic heterocycles. The van der Waals surface area contributed by atoms with Crippen LogP contribution in [0.5, 0.6) is 0 Å². The first kappa shape index (κ1) is 13.9. The Hall–Kier alpha value is -0.0900. The predicted molar refractivity (Wildman–Crippen MR) is 81.6 cm³/mol. The summed E-state index contributed by atoms with van der Waals surface area (Å²) in [4.78, 5) is 0. The molecule has 2 atom stereocenters. The van der Waals surface area contributed by atoms with Gasteiger partial charge in [-0.2, -0.15) is 0 Å². The number of hydrogen-bond acceptors (Lipinski definition) is 2. The first-order chi connectivity index (χ1) is 9.24. The van der Waals surface area contributed by atoms with Gasteiger partial charge in [0.25, 0.3) is 0 Å². The molecular weight excluding hydrogens is 326 g/mol. The molecule has 19 heavy (non-hydrogen) atoms. The van der Waals surface area contributed by atoms with E-state index in [2.05, 4.69) is 27.3 Å². The van der Waals surface area contributed by atoms with Crippen molar-refractivity contribution in [2.75, 3.05) is 13.2 Å². The Morgan fingerprint density at radius 1 is 1.32 bits per heavy atom. The van der Waals surface area contributed by atoms with Gasteiger partial charge >= 0.3 is 0 Å². The summed E-state index contributed by atoms with van der Waals surface area (Å²) < 4.78 is 7.03. The molecule has 0 bridgehead atoms. The fourth-order valence-corrected chi connectivity index (χ4v) is 3.51. The molecule has 0 amide bonds. The second-order valence-electron chi connectivity index (χ2n) is 5.54. The van der Waals surface area contributed by atoms with Gasteiger partial charge in [0.05, 0.1) is 6.10 Å². The zero-order valence-corrected chi connectivity index (χ0v) is 13.2. The van der Waals surface area contributed by atoms with E-state index in [-0.39, 0.29) is 6.10 Å². The van der Waals surface area contributed by atoms with E-state index in [0.29, 0.717) is 5.92 Å². The maximum absolute atomic E-state index is 6.37. The van der Waals surface area contributed by atoms with Gasteiger partial charge in [0, 0.05) is 34.6 Å². The number of rotatable bonds is 4. The molecule has 0 radical (unpaired) electrons. The van der Waals surface area contributed by atoms with Crippen molar-refractivity contribution in [2.45, 2.75) is 37.8 Å². The third-order valence-electron chi connectivity index (χ3n) is 3.96. The largest absolute Gasteiger partial charge is 0.373 e. The molecule has 4 heteroatoms. The molecule has 1 saturated carbocycles. The van der Waals surface area contributed by atoms with Crippen LogP contribution < -0.4 is 5.32 Å². The van der Waals surface area contributed by atoms with Crippen LogP contribution in [-0.4, -0.2) is 19.2 Å². The molecule has 1 N–H and O–H groups in total. The molecule has 0 spiro atoms. The number of hydrogen-bond donors (Lipinski definition) is 1. The zero-order valence-electron chi connectivity index (χ0n) is 10.9. The molecule has 1 aromatic rings. The third-order valence-corrected chi connectivity index (χ3v) is 4.78. The molecule has 2 unspecified atom stereocenters. The Bertz CT molecular complexity index is 450. The van der Waals surface area contributed by atoms with Crippen molar-refractivity contribution in [3.8, 4) is 0 Å². The number of nitrogens with one attached hydrogen (secondary N) is 1. The van der Waals surface area contributed by atoms with E-state index in [1.54, 1.807) is 0 Å². The van der Waals surface area contributed by atoms with Crippen molar-refractivity contribution in [1.29, 1.82) is 0 Å². The normalized spacial score (nSPS) is 27.5. The van der Waals surface area contributed by atoms with Gasteiger partial charge in [-0.25, -0.2) is 0 Å². The van der Waals surface area contributed by atoms with Gasteiger partial charge in [-0.1, -0.05) is 33.6 Å². The zero-order chi connectivity index (χ0) is 13.2. The molecule has 1 aromatic carbocycles. The Balaban J connectivity index is 1.74. The van der Waals surface area contributed by atoms with Gasteiger partial charge in [0.15, 0.2) is 0 Å². The monoisotopic (exact) mass is 343 g/mol. The molecule has 104 valence electrons. The summed E-state index contributed by atoms with van der Waals surface area (Å²) in [5.41, 5.74) is 1.13. The number of halogens is 2. The maximum atomic E-state index is 6.37. The highest BCUT2D eigenvalue weighted by molar-refractivity contribution is 9.10. The molecule has 2 nitrogen and oxygen atoms in total. The van der Waals surface area contributed by atoms with Crippen LogP contribution in [0, 0.1) is 5.92 Å². The van der Waals surface area contributed by atoms with Crippen LogP contribution in [0.15, 0.2) is 22.7 Å². The fourth-order valence-electron chi connectivity index (χ4n) is 2.73. The first-order valence-electron chi connectivity index (χ1n) is 7.04. The summed E-state index contributed by atoms with van der Waals surface area (Å²) in [6, 6.07) is 6.85. The highest BCUT2D eigenvalue weighted by Gasteiger charge is 2.30. The van der Waals surface area contributed by atoms with Crippen LogP contribution in [0.1, 0.15) is 37.4 Å². The van der Waals surface area contributed by atoms with Crippen LogP contribution in [-0.2, 0) is 4.74 Å². The van der Waals surface area contributed by atoms with Crippen molar-refractivity contribution in [3.05, 3.63) is 33.3 Å². The van der Waals surface area contributed by atoms with Gasteiger partial charge < -0.3 is 10.1 Å². The average Bonchev–Trinajstić information content (AvgIpc) is 3.21. The quantitative estimate of drug-likeness (QED) is 0.878. The minimum Gasteiger partial charge on any atom is -0.373 e. The molecule has 1 aliphatic carbocycles. The second kappa shape index (κ2) is 6.13. The van der Waals surface area contributed by atoms with Crippen molar-refractivity contribution in [2.24, 2.45) is 5.92 Å². The molecule has 1 heterocycles. The van der Waals surface area contributed by atoms with Crippen molar-refractivity contribution in [1.82, 2.24) is 5.32 Å².